The zero-order valence-corrected chi connectivity index (χ0v) is 13.6. The third-order valence-corrected chi connectivity index (χ3v) is 4.34. The summed E-state index contributed by atoms with van der Waals surface area (Å²) >= 11 is 0. The Balaban J connectivity index is 5.77. The van der Waals surface area contributed by atoms with Gasteiger partial charge in [-0.05, 0) is 6.92 Å². The lowest BCUT2D eigenvalue weighted by Crippen LogP contribution is -2.68. The molecule has 0 rings (SSSR count). The number of hydrogen-bond donors (Lipinski definition) is 0. The summed E-state index contributed by atoms with van der Waals surface area (Å²) in [5.74, 6) is -27.8. The summed E-state index contributed by atoms with van der Waals surface area (Å²) in [7, 11) is -3.90. The summed E-state index contributed by atoms with van der Waals surface area (Å²) < 4.78 is 171. The van der Waals surface area contributed by atoms with E-state index in [0.29, 0.717) is 0 Å². The smallest absolute Gasteiger partial charge is 0.389 e. The van der Waals surface area contributed by atoms with Gasteiger partial charge in [-0.1, -0.05) is 0 Å². The lowest BCUT2D eigenvalue weighted by molar-refractivity contribution is -0.392. The first-order valence-corrected chi connectivity index (χ1v) is 7.59. The molecule has 0 spiro atoms. The summed E-state index contributed by atoms with van der Waals surface area (Å²) in [4.78, 5) is 0. The van der Waals surface area contributed by atoms with E-state index in [1.807, 2.05) is 0 Å². The Bertz CT molecular complexity index is 445. The number of alkyl halides is 13. The van der Waals surface area contributed by atoms with Crippen molar-refractivity contribution in [1.29, 1.82) is 0 Å². The fourth-order valence-corrected chi connectivity index (χ4v) is 2.30. The Morgan fingerprint density at radius 1 is 0.640 bits per heavy atom. The Morgan fingerprint density at radius 3 is 1.44 bits per heavy atom. The molecule has 0 atom stereocenters. The minimum absolute atomic E-state index is 0.665. The first-order valence-electron chi connectivity index (χ1n) is 6.30. The van der Waals surface area contributed by atoms with Crippen molar-refractivity contribution in [2.24, 2.45) is 0 Å². The van der Waals surface area contributed by atoms with Crippen LogP contribution in [-0.2, 0) is 4.43 Å². The van der Waals surface area contributed by atoms with Crippen molar-refractivity contribution in [3.8, 4) is 0 Å². The molecule has 0 fully saturated rings. The summed E-state index contributed by atoms with van der Waals surface area (Å²) in [6.45, 7) is 0.320. The second-order valence-electron chi connectivity index (χ2n) is 4.88. The van der Waals surface area contributed by atoms with Crippen molar-refractivity contribution in [3.05, 3.63) is 0 Å². The molecule has 0 radical (unpaired) electrons. The first-order chi connectivity index (χ1) is 10.8. The molecule has 0 saturated heterocycles. The Kier molecular flexibility index (Phi) is 6.91. The highest BCUT2D eigenvalue weighted by molar-refractivity contribution is 6.31. The molecular weight excluding hydrogens is 411 g/mol. The van der Waals surface area contributed by atoms with E-state index in [0.717, 1.165) is 6.92 Å². The molecule has 25 heavy (non-hydrogen) atoms. The van der Waals surface area contributed by atoms with Gasteiger partial charge in [0, 0.05) is 19.4 Å². The summed E-state index contributed by atoms with van der Waals surface area (Å²) in [5.41, 5.74) is -5.87. The molecule has 15 heteroatoms. The summed E-state index contributed by atoms with van der Waals surface area (Å²) in [6, 6.07) is 0. The van der Waals surface area contributed by atoms with Gasteiger partial charge in [-0.25, -0.2) is 8.78 Å². The first kappa shape index (κ1) is 24.3. The van der Waals surface area contributed by atoms with Crippen molar-refractivity contribution in [2.45, 2.75) is 55.2 Å². The largest absolute Gasteiger partial charge is 0.417 e. The van der Waals surface area contributed by atoms with Crippen LogP contribution in [0.4, 0.5) is 57.1 Å². The van der Waals surface area contributed by atoms with Crippen molar-refractivity contribution in [2.75, 3.05) is 6.61 Å². The topological polar surface area (TPSA) is 9.23 Å². The van der Waals surface area contributed by atoms with Crippen LogP contribution in [0.5, 0.6) is 0 Å². The minimum Gasteiger partial charge on any atom is -0.417 e. The lowest BCUT2D eigenvalue weighted by atomic mass is 9.95. The van der Waals surface area contributed by atoms with E-state index in [1.165, 1.54) is 0 Å². The molecule has 0 unspecified atom stereocenters. The molecule has 1 nitrogen and oxygen atoms in total. The van der Waals surface area contributed by atoms with Crippen molar-refractivity contribution in [1.82, 2.24) is 0 Å². The van der Waals surface area contributed by atoms with Crippen LogP contribution in [0.15, 0.2) is 0 Å². The third kappa shape index (κ3) is 4.71. The summed E-state index contributed by atoms with van der Waals surface area (Å²) in [5, 5.41) is 0. The van der Waals surface area contributed by atoms with Crippen LogP contribution in [0.25, 0.3) is 0 Å². The normalized spacial score (nSPS) is 16.1. The standard InChI is InChI=1S/C10H11F13OSi/c1-2-24-25-10(22,23)9(20,21)8(18,19)7(16,17)5(11,12)3-4-6(13,14)15/h2-4,25H2,1H3. The van der Waals surface area contributed by atoms with E-state index in [-0.39, 0.29) is 0 Å². The fraction of sp³-hybridized carbons (Fsp3) is 1.00. The molecular formula is C10H11F13OSi. The van der Waals surface area contributed by atoms with Crippen LogP contribution < -0.4 is 0 Å². The van der Waals surface area contributed by atoms with E-state index in [1.54, 1.807) is 0 Å². The average molecular weight is 422 g/mol. The maximum absolute atomic E-state index is 13.2. The predicted octanol–water partition coefficient (Wildman–Crippen LogP) is 4.58. The van der Waals surface area contributed by atoms with Gasteiger partial charge in [0.05, 0.1) is 0 Å². The monoisotopic (exact) mass is 422 g/mol. The van der Waals surface area contributed by atoms with Crippen LogP contribution in [-0.4, -0.2) is 51.8 Å². The molecule has 0 aliphatic heterocycles. The van der Waals surface area contributed by atoms with E-state index >= 15 is 0 Å². The zero-order valence-electron chi connectivity index (χ0n) is 12.2. The van der Waals surface area contributed by atoms with E-state index in [9.17, 15) is 57.1 Å². The summed E-state index contributed by atoms with van der Waals surface area (Å²) in [6.07, 6.45) is -11.2. The van der Waals surface area contributed by atoms with Gasteiger partial charge in [0.1, 0.15) is 0 Å². The van der Waals surface area contributed by atoms with Crippen LogP contribution in [0.1, 0.15) is 19.8 Å². The molecule has 0 saturated carbocycles. The molecule has 152 valence electrons. The number of halogens is 13. The highest BCUT2D eigenvalue weighted by atomic mass is 28.2. The SMILES string of the molecule is CCO[SiH2]C(F)(F)C(F)(F)C(F)(F)C(F)(F)C(F)(F)CCC(F)(F)F. The van der Waals surface area contributed by atoms with Gasteiger partial charge in [-0.15, -0.1) is 0 Å². The van der Waals surface area contributed by atoms with Crippen molar-refractivity contribution >= 4 is 9.76 Å². The minimum atomic E-state index is -7.34. The predicted molar refractivity (Wildman–Crippen MR) is 60.2 cm³/mol. The maximum atomic E-state index is 13.2. The fourth-order valence-electron chi connectivity index (χ4n) is 1.43. The Hall–Kier alpha value is -0.733. The van der Waals surface area contributed by atoms with E-state index in [4.69, 9.17) is 0 Å². The molecule has 0 N–H and O–H groups in total. The lowest BCUT2D eigenvalue weighted by Gasteiger charge is -2.39. The van der Waals surface area contributed by atoms with E-state index in [2.05, 4.69) is 4.43 Å². The van der Waals surface area contributed by atoms with Gasteiger partial charge in [0.15, 0.2) is 0 Å². The molecule has 0 aliphatic rings. The van der Waals surface area contributed by atoms with Crippen molar-refractivity contribution in [3.63, 3.8) is 0 Å². The highest BCUT2D eigenvalue weighted by Gasteiger charge is 2.85. The number of rotatable bonds is 9. The van der Waals surface area contributed by atoms with Gasteiger partial charge >= 0.3 is 35.4 Å². The number of hydrogen-bond acceptors (Lipinski definition) is 1. The average Bonchev–Trinajstić information content (AvgIpc) is 2.41. The Labute approximate surface area is 134 Å². The second-order valence-corrected chi connectivity index (χ2v) is 6.47. The van der Waals surface area contributed by atoms with Crippen LogP contribution in [0.2, 0.25) is 0 Å². The van der Waals surface area contributed by atoms with Gasteiger partial charge in [0.25, 0.3) is 0 Å². The molecule has 0 bridgehead atoms. The van der Waals surface area contributed by atoms with E-state index < -0.39 is 64.6 Å². The van der Waals surface area contributed by atoms with Crippen LogP contribution >= 0.6 is 0 Å². The maximum Gasteiger partial charge on any atom is 0.389 e. The van der Waals surface area contributed by atoms with Gasteiger partial charge in [-0.3, -0.25) is 0 Å². The molecule has 0 aromatic heterocycles. The van der Waals surface area contributed by atoms with Crippen molar-refractivity contribution < 1.29 is 61.5 Å². The quantitative estimate of drug-likeness (QED) is 0.391. The third-order valence-electron chi connectivity index (χ3n) is 2.92. The van der Waals surface area contributed by atoms with Crippen LogP contribution in [0, 0.1) is 0 Å². The van der Waals surface area contributed by atoms with Gasteiger partial charge in [-0.2, -0.15) is 48.3 Å². The molecule has 0 heterocycles. The van der Waals surface area contributed by atoms with Gasteiger partial charge in [0.2, 0.25) is 9.76 Å². The molecule has 0 amide bonds. The molecule has 0 aromatic carbocycles. The van der Waals surface area contributed by atoms with Crippen LogP contribution in [0.3, 0.4) is 0 Å². The van der Waals surface area contributed by atoms with Gasteiger partial charge < -0.3 is 4.43 Å². The highest BCUT2D eigenvalue weighted by Crippen LogP contribution is 2.57. The Morgan fingerprint density at radius 2 is 1.08 bits per heavy atom. The second kappa shape index (κ2) is 7.11. The zero-order chi connectivity index (χ0) is 20.5. The molecule has 0 aromatic rings. The molecule has 0 aliphatic carbocycles.